The maximum absolute atomic E-state index is 12.9. The minimum absolute atomic E-state index is 0.198. The molecule has 1 aliphatic rings. The molecule has 0 spiro atoms. The van der Waals surface area contributed by atoms with E-state index >= 15 is 0 Å². The van der Waals surface area contributed by atoms with Crippen molar-refractivity contribution in [3.63, 3.8) is 0 Å². The van der Waals surface area contributed by atoms with E-state index in [1.165, 1.54) is 0 Å². The molecular formula is C22H24ClN5O2. The van der Waals surface area contributed by atoms with Gasteiger partial charge in [0.15, 0.2) is 0 Å². The van der Waals surface area contributed by atoms with Crippen molar-refractivity contribution in [2.24, 2.45) is 0 Å². The molecule has 156 valence electrons. The molecular weight excluding hydrogens is 402 g/mol. The Kier molecular flexibility index (Phi) is 6.01. The van der Waals surface area contributed by atoms with E-state index in [1.807, 2.05) is 54.9 Å². The van der Waals surface area contributed by atoms with Crippen LogP contribution in [0.25, 0.3) is 0 Å². The van der Waals surface area contributed by atoms with E-state index in [9.17, 15) is 4.79 Å². The highest BCUT2D eigenvalue weighted by molar-refractivity contribution is 6.31. The van der Waals surface area contributed by atoms with Gasteiger partial charge in [0.25, 0.3) is 5.91 Å². The minimum atomic E-state index is -0.198. The van der Waals surface area contributed by atoms with Crippen LogP contribution in [0.2, 0.25) is 5.02 Å². The van der Waals surface area contributed by atoms with E-state index in [2.05, 4.69) is 20.3 Å². The van der Waals surface area contributed by atoms with Crippen LogP contribution < -0.4 is 10.2 Å². The summed E-state index contributed by atoms with van der Waals surface area (Å²) in [5.41, 5.74) is 3.64. The zero-order valence-corrected chi connectivity index (χ0v) is 17.8. The molecule has 0 saturated carbocycles. The number of hydrogen-bond acceptors (Lipinski definition) is 5. The first kappa shape index (κ1) is 20.4. The van der Waals surface area contributed by atoms with Crippen molar-refractivity contribution in [2.75, 3.05) is 36.5 Å². The Labute approximate surface area is 180 Å². The molecule has 0 atom stereocenters. The summed E-state index contributed by atoms with van der Waals surface area (Å²) in [6.07, 6.45) is 1.68. The Balaban J connectivity index is 1.48. The molecule has 1 amide bonds. The number of nitrogens with one attached hydrogen (secondary N) is 1. The Morgan fingerprint density at radius 2 is 1.93 bits per heavy atom. The van der Waals surface area contributed by atoms with Crippen LogP contribution in [-0.2, 0) is 11.3 Å². The van der Waals surface area contributed by atoms with Crippen molar-refractivity contribution in [1.82, 2.24) is 14.8 Å². The molecule has 8 heteroatoms. The monoisotopic (exact) mass is 425 g/mol. The molecule has 1 N–H and O–H groups in total. The number of amides is 1. The molecule has 0 aliphatic carbocycles. The number of benzene rings is 1. The highest BCUT2D eigenvalue weighted by Gasteiger charge is 2.20. The number of carbonyl (C=O) groups is 1. The Hall–Kier alpha value is -2.90. The van der Waals surface area contributed by atoms with Gasteiger partial charge in [-0.05, 0) is 37.6 Å². The summed E-state index contributed by atoms with van der Waals surface area (Å²) in [5.74, 6) is 0.688. The van der Waals surface area contributed by atoms with Crippen LogP contribution in [0.15, 0.2) is 42.6 Å². The van der Waals surface area contributed by atoms with E-state index in [4.69, 9.17) is 16.3 Å². The van der Waals surface area contributed by atoms with Gasteiger partial charge in [-0.1, -0.05) is 29.8 Å². The van der Waals surface area contributed by atoms with Crippen molar-refractivity contribution in [3.8, 4) is 0 Å². The van der Waals surface area contributed by atoms with Crippen LogP contribution in [-0.4, -0.2) is 47.0 Å². The van der Waals surface area contributed by atoms with Gasteiger partial charge >= 0.3 is 0 Å². The molecule has 3 aromatic rings. The van der Waals surface area contributed by atoms with Crippen molar-refractivity contribution in [1.29, 1.82) is 0 Å². The maximum atomic E-state index is 12.9. The van der Waals surface area contributed by atoms with Gasteiger partial charge < -0.3 is 15.0 Å². The Morgan fingerprint density at radius 1 is 1.17 bits per heavy atom. The molecule has 2 aromatic heterocycles. The second-order valence-electron chi connectivity index (χ2n) is 7.25. The number of aryl methyl sites for hydroxylation is 1. The standard InChI is InChI=1S/C22H24ClN5O2/c1-15-21(16(2)28(26-15)14-17-5-3-4-6-19(17)23)22(29)25-18-7-8-20(24-13-18)27-9-11-30-12-10-27/h3-8,13H,9-12,14H2,1-2H3,(H,25,29). The first-order valence-corrected chi connectivity index (χ1v) is 10.3. The van der Waals surface area contributed by atoms with Gasteiger partial charge in [0.05, 0.1) is 42.9 Å². The number of carbonyl (C=O) groups excluding carboxylic acids is 1. The number of halogens is 1. The predicted octanol–water partition coefficient (Wildman–Crippen LogP) is 3.69. The fraction of sp³-hybridized carbons (Fsp3) is 0.318. The third-order valence-corrected chi connectivity index (χ3v) is 5.60. The van der Waals surface area contributed by atoms with Gasteiger partial charge in [0, 0.05) is 23.8 Å². The third kappa shape index (κ3) is 4.32. The van der Waals surface area contributed by atoms with Crippen LogP contribution in [0.5, 0.6) is 0 Å². The SMILES string of the molecule is Cc1nn(Cc2ccccc2Cl)c(C)c1C(=O)Nc1ccc(N2CCOCC2)nc1. The first-order valence-electron chi connectivity index (χ1n) is 9.90. The number of morpholine rings is 1. The van der Waals surface area contributed by atoms with Crippen LogP contribution in [0.4, 0.5) is 11.5 Å². The molecule has 0 unspecified atom stereocenters. The minimum Gasteiger partial charge on any atom is -0.378 e. The van der Waals surface area contributed by atoms with E-state index in [0.717, 1.165) is 30.2 Å². The summed E-state index contributed by atoms with van der Waals surface area (Å²) in [6, 6.07) is 11.4. The average molecular weight is 426 g/mol. The summed E-state index contributed by atoms with van der Waals surface area (Å²) in [7, 11) is 0. The molecule has 1 aromatic carbocycles. The summed E-state index contributed by atoms with van der Waals surface area (Å²) in [4.78, 5) is 19.6. The average Bonchev–Trinajstić information content (AvgIpc) is 3.04. The Morgan fingerprint density at radius 3 is 2.63 bits per heavy atom. The van der Waals surface area contributed by atoms with Crippen LogP contribution in [0.3, 0.4) is 0 Å². The van der Waals surface area contributed by atoms with Crippen LogP contribution >= 0.6 is 11.6 Å². The van der Waals surface area contributed by atoms with Gasteiger partial charge in [-0.25, -0.2) is 4.98 Å². The normalized spacial score (nSPS) is 14.0. The highest BCUT2D eigenvalue weighted by atomic mass is 35.5. The molecule has 7 nitrogen and oxygen atoms in total. The lowest BCUT2D eigenvalue weighted by molar-refractivity contribution is 0.102. The summed E-state index contributed by atoms with van der Waals surface area (Å²) in [6.45, 7) is 7.29. The lowest BCUT2D eigenvalue weighted by atomic mass is 10.1. The number of hydrogen-bond donors (Lipinski definition) is 1. The van der Waals surface area contributed by atoms with E-state index in [0.29, 0.717) is 41.7 Å². The fourth-order valence-electron chi connectivity index (χ4n) is 3.60. The van der Waals surface area contributed by atoms with E-state index in [-0.39, 0.29) is 5.91 Å². The van der Waals surface area contributed by atoms with Gasteiger partial charge in [-0.2, -0.15) is 5.10 Å². The van der Waals surface area contributed by atoms with Crippen molar-refractivity contribution >= 4 is 29.0 Å². The largest absolute Gasteiger partial charge is 0.378 e. The molecule has 1 fully saturated rings. The van der Waals surface area contributed by atoms with Gasteiger partial charge in [0.1, 0.15) is 5.82 Å². The van der Waals surface area contributed by atoms with Crippen LogP contribution in [0.1, 0.15) is 27.3 Å². The number of pyridine rings is 1. The molecule has 1 aliphatic heterocycles. The molecule has 1 saturated heterocycles. The lowest BCUT2D eigenvalue weighted by Gasteiger charge is -2.27. The second kappa shape index (κ2) is 8.85. The smallest absolute Gasteiger partial charge is 0.259 e. The van der Waals surface area contributed by atoms with Crippen molar-refractivity contribution in [3.05, 3.63) is 70.1 Å². The van der Waals surface area contributed by atoms with Crippen molar-refractivity contribution in [2.45, 2.75) is 20.4 Å². The van der Waals surface area contributed by atoms with E-state index < -0.39 is 0 Å². The third-order valence-electron chi connectivity index (χ3n) is 5.23. The lowest BCUT2D eigenvalue weighted by Crippen LogP contribution is -2.36. The number of rotatable bonds is 5. The van der Waals surface area contributed by atoms with Crippen LogP contribution in [0, 0.1) is 13.8 Å². The van der Waals surface area contributed by atoms with Gasteiger partial charge in [0.2, 0.25) is 0 Å². The molecule has 30 heavy (non-hydrogen) atoms. The zero-order valence-electron chi connectivity index (χ0n) is 17.1. The quantitative estimate of drug-likeness (QED) is 0.675. The van der Waals surface area contributed by atoms with Crippen molar-refractivity contribution < 1.29 is 9.53 Å². The molecule has 3 heterocycles. The molecule has 4 rings (SSSR count). The van der Waals surface area contributed by atoms with Gasteiger partial charge in [-0.15, -0.1) is 0 Å². The first-order chi connectivity index (χ1) is 14.5. The highest BCUT2D eigenvalue weighted by Crippen LogP contribution is 2.21. The predicted molar refractivity (Wildman–Crippen MR) is 117 cm³/mol. The zero-order chi connectivity index (χ0) is 21.1. The number of nitrogens with zero attached hydrogens (tertiary/aromatic N) is 4. The number of ether oxygens (including phenoxy) is 1. The number of aromatic nitrogens is 3. The second-order valence-corrected chi connectivity index (χ2v) is 7.66. The fourth-order valence-corrected chi connectivity index (χ4v) is 3.80. The number of anilines is 2. The van der Waals surface area contributed by atoms with E-state index in [1.54, 1.807) is 6.20 Å². The molecule has 0 bridgehead atoms. The summed E-state index contributed by atoms with van der Waals surface area (Å²) < 4.78 is 7.18. The summed E-state index contributed by atoms with van der Waals surface area (Å²) in [5, 5.41) is 8.17. The summed E-state index contributed by atoms with van der Waals surface area (Å²) >= 11 is 6.27. The van der Waals surface area contributed by atoms with Gasteiger partial charge in [-0.3, -0.25) is 9.48 Å². The maximum Gasteiger partial charge on any atom is 0.259 e. The topological polar surface area (TPSA) is 72.3 Å². The Bertz CT molecular complexity index is 1040. The molecule has 0 radical (unpaired) electrons.